The summed E-state index contributed by atoms with van der Waals surface area (Å²) in [7, 11) is 0. The highest BCUT2D eigenvalue weighted by atomic mass is 16.3. The molecular weight excluding hydrogens is 282 g/mol. The number of hydrogen-bond acceptors (Lipinski definition) is 5. The smallest absolute Gasteiger partial charge is 0.251 e. The first kappa shape index (κ1) is 14.7. The Balaban J connectivity index is 1.82. The number of nitrogens with two attached hydrogens (primary N) is 1. The SMILES string of the molecule is NC(CO)c1cn(C2CCCN(c3ccccc3)C2=O)nn1. The molecule has 0 aliphatic carbocycles. The van der Waals surface area contributed by atoms with Gasteiger partial charge in [-0.15, -0.1) is 5.10 Å². The van der Waals surface area contributed by atoms with Gasteiger partial charge < -0.3 is 15.7 Å². The van der Waals surface area contributed by atoms with Crippen LogP contribution in [0.2, 0.25) is 0 Å². The minimum absolute atomic E-state index is 0.00599. The monoisotopic (exact) mass is 301 g/mol. The first-order valence-corrected chi connectivity index (χ1v) is 7.35. The summed E-state index contributed by atoms with van der Waals surface area (Å²) in [4.78, 5) is 14.5. The number of aliphatic hydroxyl groups excluding tert-OH is 1. The summed E-state index contributed by atoms with van der Waals surface area (Å²) in [6, 6.07) is 8.66. The number of aliphatic hydroxyl groups is 1. The van der Waals surface area contributed by atoms with Crippen LogP contribution in [0.5, 0.6) is 0 Å². The Morgan fingerprint density at radius 3 is 2.86 bits per heavy atom. The van der Waals surface area contributed by atoms with E-state index in [2.05, 4.69) is 10.3 Å². The molecule has 1 fully saturated rings. The summed E-state index contributed by atoms with van der Waals surface area (Å²) in [5.41, 5.74) is 7.11. The largest absolute Gasteiger partial charge is 0.394 e. The van der Waals surface area contributed by atoms with Gasteiger partial charge in [-0.25, -0.2) is 4.68 Å². The Morgan fingerprint density at radius 1 is 1.36 bits per heavy atom. The topological polar surface area (TPSA) is 97.3 Å². The predicted octanol–water partition coefficient (Wildman–Crippen LogP) is 0.638. The number of carbonyl (C=O) groups excluding carboxylic acids is 1. The molecule has 1 aliphatic heterocycles. The molecule has 116 valence electrons. The van der Waals surface area contributed by atoms with E-state index in [9.17, 15) is 4.79 Å². The highest BCUT2D eigenvalue weighted by Crippen LogP contribution is 2.27. The third-order valence-corrected chi connectivity index (χ3v) is 3.90. The maximum atomic E-state index is 12.7. The number of benzene rings is 1. The Kier molecular flexibility index (Phi) is 4.17. The Labute approximate surface area is 128 Å². The Hall–Kier alpha value is -2.25. The van der Waals surface area contributed by atoms with Gasteiger partial charge in [-0.05, 0) is 25.0 Å². The minimum Gasteiger partial charge on any atom is -0.394 e. The second-order valence-electron chi connectivity index (χ2n) is 5.40. The van der Waals surface area contributed by atoms with E-state index < -0.39 is 6.04 Å². The summed E-state index contributed by atoms with van der Waals surface area (Å²) < 4.78 is 1.56. The molecule has 0 saturated carbocycles. The van der Waals surface area contributed by atoms with Crippen molar-refractivity contribution >= 4 is 11.6 Å². The van der Waals surface area contributed by atoms with Crippen molar-refractivity contribution in [2.75, 3.05) is 18.1 Å². The zero-order valence-corrected chi connectivity index (χ0v) is 12.2. The quantitative estimate of drug-likeness (QED) is 0.863. The average Bonchev–Trinajstić information content (AvgIpc) is 3.05. The molecule has 3 rings (SSSR count). The molecule has 2 atom stereocenters. The first-order valence-electron chi connectivity index (χ1n) is 7.35. The van der Waals surface area contributed by atoms with Gasteiger partial charge in [0, 0.05) is 12.2 Å². The summed E-state index contributed by atoms with van der Waals surface area (Å²) in [5, 5.41) is 17.0. The number of rotatable bonds is 4. The fourth-order valence-electron chi connectivity index (χ4n) is 2.67. The number of amides is 1. The maximum absolute atomic E-state index is 12.7. The number of piperidine rings is 1. The molecule has 7 nitrogen and oxygen atoms in total. The standard InChI is InChI=1S/C15H19N5O2/c16-12(10-21)13-9-20(18-17-13)14-7-4-8-19(15(14)22)11-5-2-1-3-6-11/h1-3,5-6,9,12,14,21H,4,7-8,10,16H2. The Bertz CT molecular complexity index is 642. The number of hydrogen-bond donors (Lipinski definition) is 2. The molecular formula is C15H19N5O2. The van der Waals surface area contributed by atoms with Crippen LogP contribution < -0.4 is 10.6 Å². The molecule has 2 unspecified atom stereocenters. The van der Waals surface area contributed by atoms with Crippen molar-refractivity contribution in [1.29, 1.82) is 0 Å². The van der Waals surface area contributed by atoms with Gasteiger partial charge in [0.15, 0.2) is 0 Å². The molecule has 2 heterocycles. The fraction of sp³-hybridized carbons (Fsp3) is 0.400. The molecule has 1 aromatic heterocycles. The second-order valence-corrected chi connectivity index (χ2v) is 5.40. The van der Waals surface area contributed by atoms with E-state index >= 15 is 0 Å². The van der Waals surface area contributed by atoms with Gasteiger partial charge in [0.25, 0.3) is 5.91 Å². The van der Waals surface area contributed by atoms with Crippen LogP contribution in [0.4, 0.5) is 5.69 Å². The van der Waals surface area contributed by atoms with Gasteiger partial charge in [0.1, 0.15) is 11.7 Å². The van der Waals surface area contributed by atoms with E-state index in [0.717, 1.165) is 18.5 Å². The lowest BCUT2D eigenvalue weighted by Gasteiger charge is -2.32. The Morgan fingerprint density at radius 2 is 2.14 bits per heavy atom. The van der Waals surface area contributed by atoms with Crippen molar-refractivity contribution in [1.82, 2.24) is 15.0 Å². The van der Waals surface area contributed by atoms with E-state index in [1.807, 2.05) is 30.3 Å². The molecule has 1 saturated heterocycles. The molecule has 0 radical (unpaired) electrons. The van der Waals surface area contributed by atoms with Crippen LogP contribution >= 0.6 is 0 Å². The van der Waals surface area contributed by atoms with Gasteiger partial charge >= 0.3 is 0 Å². The highest BCUT2D eigenvalue weighted by Gasteiger charge is 2.32. The van der Waals surface area contributed by atoms with Crippen LogP contribution in [0.15, 0.2) is 36.5 Å². The molecule has 1 aliphatic rings. The van der Waals surface area contributed by atoms with Crippen LogP contribution in [0.25, 0.3) is 0 Å². The zero-order valence-electron chi connectivity index (χ0n) is 12.2. The number of anilines is 1. The van der Waals surface area contributed by atoms with Crippen LogP contribution in [0.1, 0.15) is 30.6 Å². The van der Waals surface area contributed by atoms with Crippen molar-refractivity contribution in [3.05, 3.63) is 42.2 Å². The predicted molar refractivity (Wildman–Crippen MR) is 81.1 cm³/mol. The first-order chi connectivity index (χ1) is 10.7. The van der Waals surface area contributed by atoms with Gasteiger partial charge in [0.05, 0.1) is 18.8 Å². The van der Waals surface area contributed by atoms with Crippen molar-refractivity contribution in [3.8, 4) is 0 Å². The summed E-state index contributed by atoms with van der Waals surface area (Å²) in [5.74, 6) is 0.00599. The molecule has 22 heavy (non-hydrogen) atoms. The maximum Gasteiger partial charge on any atom is 0.251 e. The molecule has 0 bridgehead atoms. The molecule has 1 amide bonds. The van der Waals surface area contributed by atoms with E-state index in [-0.39, 0.29) is 18.6 Å². The van der Waals surface area contributed by atoms with E-state index in [1.54, 1.807) is 15.8 Å². The average molecular weight is 301 g/mol. The lowest BCUT2D eigenvalue weighted by atomic mass is 10.0. The van der Waals surface area contributed by atoms with Crippen LogP contribution in [-0.2, 0) is 4.79 Å². The lowest BCUT2D eigenvalue weighted by Crippen LogP contribution is -2.42. The van der Waals surface area contributed by atoms with Gasteiger partial charge in [-0.2, -0.15) is 0 Å². The minimum atomic E-state index is -0.572. The van der Waals surface area contributed by atoms with Crippen molar-refractivity contribution in [2.24, 2.45) is 5.73 Å². The van der Waals surface area contributed by atoms with Gasteiger partial charge in [0.2, 0.25) is 0 Å². The van der Waals surface area contributed by atoms with Gasteiger partial charge in [-0.1, -0.05) is 23.4 Å². The van der Waals surface area contributed by atoms with E-state index in [4.69, 9.17) is 10.8 Å². The van der Waals surface area contributed by atoms with Gasteiger partial charge in [-0.3, -0.25) is 4.79 Å². The van der Waals surface area contributed by atoms with Crippen molar-refractivity contribution in [2.45, 2.75) is 24.9 Å². The molecule has 7 heteroatoms. The number of carbonyl (C=O) groups is 1. The molecule has 1 aromatic carbocycles. The third-order valence-electron chi connectivity index (χ3n) is 3.90. The lowest BCUT2D eigenvalue weighted by molar-refractivity contribution is -0.123. The number of para-hydroxylation sites is 1. The normalized spacial score (nSPS) is 20.2. The summed E-state index contributed by atoms with van der Waals surface area (Å²) in [6.07, 6.45) is 3.27. The van der Waals surface area contributed by atoms with Crippen molar-refractivity contribution < 1.29 is 9.90 Å². The molecule has 0 spiro atoms. The zero-order chi connectivity index (χ0) is 15.5. The number of nitrogens with zero attached hydrogens (tertiary/aromatic N) is 4. The second kappa shape index (κ2) is 6.25. The number of aromatic nitrogens is 3. The summed E-state index contributed by atoms with van der Waals surface area (Å²) >= 11 is 0. The fourth-order valence-corrected chi connectivity index (χ4v) is 2.67. The molecule has 2 aromatic rings. The van der Waals surface area contributed by atoms with Crippen molar-refractivity contribution in [3.63, 3.8) is 0 Å². The van der Waals surface area contributed by atoms with Crippen LogP contribution in [0, 0.1) is 0 Å². The van der Waals surface area contributed by atoms with Crippen LogP contribution in [0.3, 0.4) is 0 Å². The molecule has 3 N–H and O–H groups in total. The highest BCUT2D eigenvalue weighted by molar-refractivity contribution is 5.96. The van der Waals surface area contributed by atoms with E-state index in [1.165, 1.54) is 0 Å². The summed E-state index contributed by atoms with van der Waals surface area (Å²) in [6.45, 7) is 0.504. The van der Waals surface area contributed by atoms with E-state index in [0.29, 0.717) is 12.2 Å². The third kappa shape index (κ3) is 2.72. The van der Waals surface area contributed by atoms with Crippen LogP contribution in [-0.4, -0.2) is 39.2 Å².